The van der Waals surface area contributed by atoms with Crippen LogP contribution in [0, 0.1) is 0 Å². The van der Waals surface area contributed by atoms with Crippen molar-refractivity contribution in [2.75, 3.05) is 0 Å². The SMILES string of the molecule is CC(=O)c1ccc([B-](F)(F)F)s1.[K+]. The van der Waals surface area contributed by atoms with E-state index in [0.717, 1.165) is 6.07 Å². The van der Waals surface area contributed by atoms with Gasteiger partial charge in [-0.05, 0) is 13.0 Å². The van der Waals surface area contributed by atoms with Gasteiger partial charge in [0.2, 0.25) is 0 Å². The molecule has 0 atom stereocenters. The molecule has 0 fully saturated rings. The third-order valence-electron chi connectivity index (χ3n) is 1.30. The predicted octanol–water partition coefficient (Wildman–Crippen LogP) is -0.991. The van der Waals surface area contributed by atoms with E-state index < -0.39 is 11.8 Å². The van der Waals surface area contributed by atoms with Crippen molar-refractivity contribution in [1.82, 2.24) is 0 Å². The molecular weight excluding hydrogens is 227 g/mol. The van der Waals surface area contributed by atoms with Crippen molar-refractivity contribution in [3.8, 4) is 0 Å². The van der Waals surface area contributed by atoms with E-state index in [1.54, 1.807) is 0 Å². The molecule has 1 heterocycles. The smallest absolute Gasteiger partial charge is 0.444 e. The van der Waals surface area contributed by atoms with Crippen LogP contribution in [0.4, 0.5) is 12.9 Å². The van der Waals surface area contributed by atoms with Crippen molar-refractivity contribution >= 4 is 28.9 Å². The Kier molecular flexibility index (Phi) is 5.42. The van der Waals surface area contributed by atoms with E-state index in [9.17, 15) is 17.7 Å². The summed E-state index contributed by atoms with van der Waals surface area (Å²) >= 11 is 0.501. The third kappa shape index (κ3) is 3.85. The van der Waals surface area contributed by atoms with Crippen molar-refractivity contribution in [2.24, 2.45) is 0 Å². The van der Waals surface area contributed by atoms with Gasteiger partial charge < -0.3 is 12.9 Å². The molecule has 1 nitrogen and oxygen atoms in total. The molecule has 0 amide bonds. The average Bonchev–Trinajstić information content (AvgIpc) is 2.30. The van der Waals surface area contributed by atoms with Crippen LogP contribution in [0.25, 0.3) is 0 Å². The van der Waals surface area contributed by atoms with Gasteiger partial charge in [-0.15, -0.1) is 0 Å². The molecule has 13 heavy (non-hydrogen) atoms. The van der Waals surface area contributed by atoms with Crippen LogP contribution in [-0.2, 0) is 0 Å². The summed E-state index contributed by atoms with van der Waals surface area (Å²) in [6.45, 7) is -3.70. The van der Waals surface area contributed by atoms with Crippen LogP contribution >= 0.6 is 11.3 Å². The van der Waals surface area contributed by atoms with Gasteiger partial charge in [-0.25, -0.2) is 0 Å². The molecule has 1 rings (SSSR count). The monoisotopic (exact) mass is 232 g/mol. The summed E-state index contributed by atoms with van der Waals surface area (Å²) in [4.78, 5) is 10.8. The minimum atomic E-state index is -4.95. The predicted molar refractivity (Wildman–Crippen MR) is 43.0 cm³/mol. The first kappa shape index (κ1) is 13.9. The van der Waals surface area contributed by atoms with Gasteiger partial charge in [0.1, 0.15) is 0 Å². The number of Topliss-reactive ketones (excluding diaryl/α,β-unsaturated/α-hetero) is 1. The summed E-state index contributed by atoms with van der Waals surface area (Å²) in [6.07, 6.45) is 0. The Morgan fingerprint density at radius 3 is 2.15 bits per heavy atom. The molecule has 66 valence electrons. The topological polar surface area (TPSA) is 17.1 Å². The van der Waals surface area contributed by atoms with Gasteiger partial charge in [-0.1, -0.05) is 10.8 Å². The van der Waals surface area contributed by atoms with Gasteiger partial charge >= 0.3 is 58.4 Å². The Labute approximate surface area is 120 Å². The number of hydrogen-bond acceptors (Lipinski definition) is 2. The van der Waals surface area contributed by atoms with E-state index in [0.29, 0.717) is 11.3 Å². The fourth-order valence-electron chi connectivity index (χ4n) is 0.718. The summed E-state index contributed by atoms with van der Waals surface area (Å²) in [5.74, 6) is -0.327. The van der Waals surface area contributed by atoms with Crippen molar-refractivity contribution < 1.29 is 69.1 Å². The van der Waals surface area contributed by atoms with Crippen LogP contribution in [0.5, 0.6) is 0 Å². The van der Waals surface area contributed by atoms with E-state index in [-0.39, 0.29) is 62.0 Å². The fraction of sp³-hybridized carbons (Fsp3) is 0.167. The van der Waals surface area contributed by atoms with Crippen molar-refractivity contribution in [3.05, 3.63) is 17.0 Å². The zero-order chi connectivity index (χ0) is 9.35. The van der Waals surface area contributed by atoms with Gasteiger partial charge in [0.05, 0.1) is 4.88 Å². The summed E-state index contributed by atoms with van der Waals surface area (Å²) in [6, 6.07) is 2.15. The van der Waals surface area contributed by atoms with Gasteiger partial charge in [0.25, 0.3) is 0 Å². The number of ketones is 1. The van der Waals surface area contributed by atoms with Crippen LogP contribution in [0.1, 0.15) is 16.6 Å². The largest absolute Gasteiger partial charge is 1.00 e. The molecule has 0 aliphatic carbocycles. The molecule has 0 radical (unpaired) electrons. The molecule has 0 aliphatic heterocycles. The van der Waals surface area contributed by atoms with Crippen molar-refractivity contribution in [2.45, 2.75) is 6.92 Å². The number of carbonyl (C=O) groups excluding carboxylic acids is 1. The summed E-state index contributed by atoms with van der Waals surface area (Å²) < 4.78 is 35.4. The Morgan fingerprint density at radius 2 is 1.92 bits per heavy atom. The molecule has 0 aromatic carbocycles. The number of rotatable bonds is 2. The normalized spacial score (nSPS) is 10.8. The molecule has 0 spiro atoms. The second-order valence-electron chi connectivity index (χ2n) is 2.33. The maximum Gasteiger partial charge on any atom is 1.00 e. The van der Waals surface area contributed by atoms with Crippen molar-refractivity contribution in [1.29, 1.82) is 0 Å². The van der Waals surface area contributed by atoms with Crippen LogP contribution < -0.4 is 56.2 Å². The molecule has 7 heteroatoms. The first-order valence-electron chi connectivity index (χ1n) is 3.22. The average molecular weight is 232 g/mol. The number of halogens is 3. The van der Waals surface area contributed by atoms with Crippen LogP contribution in [0.2, 0.25) is 0 Å². The van der Waals surface area contributed by atoms with Gasteiger partial charge in [0.15, 0.2) is 5.78 Å². The first-order valence-corrected chi connectivity index (χ1v) is 4.03. The summed E-state index contributed by atoms with van der Waals surface area (Å²) in [5.41, 5.74) is 0. The third-order valence-corrected chi connectivity index (χ3v) is 2.58. The molecule has 0 aliphatic rings. The maximum atomic E-state index is 12.0. The van der Waals surface area contributed by atoms with E-state index in [1.165, 1.54) is 13.0 Å². The zero-order valence-electron chi connectivity index (χ0n) is 7.18. The molecule has 0 saturated heterocycles. The molecule has 1 aromatic heterocycles. The molecule has 0 unspecified atom stereocenters. The molecule has 1 aromatic rings. The number of thiophene rings is 1. The Balaban J connectivity index is 0.00000144. The second-order valence-corrected chi connectivity index (χ2v) is 3.45. The fourth-order valence-corrected chi connectivity index (χ4v) is 1.52. The van der Waals surface area contributed by atoms with Gasteiger partial charge in [-0.2, -0.15) is 11.3 Å². The van der Waals surface area contributed by atoms with Crippen LogP contribution in [0.3, 0.4) is 0 Å². The minimum Gasteiger partial charge on any atom is -0.444 e. The second kappa shape index (κ2) is 5.09. The Hall–Kier alpha value is 0.861. The van der Waals surface area contributed by atoms with Gasteiger partial charge in [-0.3, -0.25) is 4.79 Å². The van der Waals surface area contributed by atoms with E-state index in [2.05, 4.69) is 0 Å². The Morgan fingerprint density at radius 1 is 1.38 bits per heavy atom. The van der Waals surface area contributed by atoms with Crippen LogP contribution in [0.15, 0.2) is 12.1 Å². The minimum absolute atomic E-state index is 0. The number of carbonyl (C=O) groups is 1. The van der Waals surface area contributed by atoms with E-state index >= 15 is 0 Å². The van der Waals surface area contributed by atoms with Crippen LogP contribution in [-0.4, -0.2) is 12.8 Å². The van der Waals surface area contributed by atoms with E-state index in [1.807, 2.05) is 0 Å². The van der Waals surface area contributed by atoms with E-state index in [4.69, 9.17) is 0 Å². The molecule has 0 N–H and O–H groups in total. The summed E-state index contributed by atoms with van der Waals surface area (Å²) in [7, 11) is 0. The van der Waals surface area contributed by atoms with Crippen molar-refractivity contribution in [3.63, 3.8) is 0 Å². The zero-order valence-corrected chi connectivity index (χ0v) is 11.1. The maximum absolute atomic E-state index is 12.0. The quantitative estimate of drug-likeness (QED) is 0.472. The summed E-state index contributed by atoms with van der Waals surface area (Å²) in [5, 5.41) is 0. The number of hydrogen-bond donors (Lipinski definition) is 0. The Bertz CT molecular complexity index is 309. The molecular formula is C6H5BF3KOS. The first-order chi connectivity index (χ1) is 5.41. The standard InChI is InChI=1S/C6H5BF3OS.K/c1-4(11)5-2-3-6(12-5)7(8,9)10;/h2-3H,1H3;/q-1;+1. The molecule has 0 saturated carbocycles. The molecule has 0 bridgehead atoms. The van der Waals surface area contributed by atoms with Gasteiger partial charge in [0, 0.05) is 0 Å².